The number of carbonyl (C=O) groups is 1. The maximum atomic E-state index is 13.1. The molecule has 0 atom stereocenters. The Kier molecular flexibility index (Phi) is 3.73. The van der Waals surface area contributed by atoms with Crippen LogP contribution in [0, 0.1) is 5.82 Å². The molecule has 0 fully saturated rings. The van der Waals surface area contributed by atoms with E-state index in [1.165, 1.54) is 6.92 Å². The van der Waals surface area contributed by atoms with E-state index >= 15 is 0 Å². The fourth-order valence-electron chi connectivity index (χ4n) is 0.985. The average Bonchev–Trinajstić information content (AvgIpc) is 2.08. The molecule has 0 unspecified atom stereocenters. The zero-order chi connectivity index (χ0) is 11.6. The van der Waals surface area contributed by atoms with Crippen LogP contribution in [0.3, 0.4) is 0 Å². The largest absolute Gasteiger partial charge is 0.432 e. The van der Waals surface area contributed by atoms with E-state index in [1.807, 2.05) is 0 Å². The van der Waals surface area contributed by atoms with Gasteiger partial charge >= 0.3 is 6.61 Å². The van der Waals surface area contributed by atoms with Crippen molar-refractivity contribution in [3.63, 3.8) is 0 Å². The molecule has 6 heteroatoms. The van der Waals surface area contributed by atoms with Gasteiger partial charge in [0.2, 0.25) is 0 Å². The number of rotatable bonds is 3. The fourth-order valence-corrected chi connectivity index (χ4v) is 1.58. The molecule has 2 nitrogen and oxygen atoms in total. The molecule has 0 aromatic heterocycles. The quantitative estimate of drug-likeness (QED) is 0.795. The van der Waals surface area contributed by atoms with Crippen LogP contribution in [-0.2, 0) is 0 Å². The molecule has 15 heavy (non-hydrogen) atoms. The first-order chi connectivity index (χ1) is 6.91. The molecule has 1 aromatic rings. The number of hydrogen-bond acceptors (Lipinski definition) is 2. The Morgan fingerprint density at radius 3 is 2.53 bits per heavy atom. The molecule has 0 amide bonds. The number of hydrogen-bond donors (Lipinski definition) is 0. The van der Waals surface area contributed by atoms with Crippen molar-refractivity contribution in [2.75, 3.05) is 0 Å². The van der Waals surface area contributed by atoms with Gasteiger partial charge in [-0.2, -0.15) is 8.78 Å². The molecule has 0 saturated carbocycles. The molecule has 0 aliphatic heterocycles. The number of ether oxygens (including phenoxy) is 1. The van der Waals surface area contributed by atoms with Crippen LogP contribution in [0.2, 0.25) is 0 Å². The van der Waals surface area contributed by atoms with Crippen molar-refractivity contribution in [1.29, 1.82) is 0 Å². The van der Waals surface area contributed by atoms with E-state index in [4.69, 9.17) is 0 Å². The monoisotopic (exact) mass is 282 g/mol. The van der Waals surface area contributed by atoms with Crippen molar-refractivity contribution in [3.05, 3.63) is 28.0 Å². The van der Waals surface area contributed by atoms with Crippen molar-refractivity contribution in [3.8, 4) is 5.75 Å². The molecule has 1 rings (SSSR count). The van der Waals surface area contributed by atoms with Crippen LogP contribution < -0.4 is 4.74 Å². The van der Waals surface area contributed by atoms with Crippen LogP contribution in [0.4, 0.5) is 13.2 Å². The summed E-state index contributed by atoms with van der Waals surface area (Å²) in [4.78, 5) is 11.0. The van der Waals surface area contributed by atoms with Crippen molar-refractivity contribution in [2.24, 2.45) is 0 Å². The second-order valence-corrected chi connectivity index (χ2v) is 3.55. The van der Waals surface area contributed by atoms with Crippen LogP contribution in [0.1, 0.15) is 17.3 Å². The zero-order valence-corrected chi connectivity index (χ0v) is 9.15. The van der Waals surface area contributed by atoms with E-state index in [9.17, 15) is 18.0 Å². The molecule has 1 aromatic carbocycles. The lowest BCUT2D eigenvalue weighted by Crippen LogP contribution is -2.05. The summed E-state index contributed by atoms with van der Waals surface area (Å²) in [5.74, 6) is -1.97. The standard InChI is InChI=1S/C9H6BrF3O2/c1-4(14)5-2-8(15-9(12)13)7(11)3-6(5)10/h2-3,9H,1H3. The first-order valence-corrected chi connectivity index (χ1v) is 4.66. The number of halogens is 4. The molecule has 0 saturated heterocycles. The molecule has 0 spiro atoms. The minimum atomic E-state index is -3.12. The smallest absolute Gasteiger partial charge is 0.387 e. The highest BCUT2D eigenvalue weighted by Crippen LogP contribution is 2.27. The highest BCUT2D eigenvalue weighted by molar-refractivity contribution is 9.10. The Labute approximate surface area is 92.2 Å². The van der Waals surface area contributed by atoms with Crippen LogP contribution in [-0.4, -0.2) is 12.4 Å². The predicted molar refractivity (Wildman–Crippen MR) is 50.7 cm³/mol. The van der Waals surface area contributed by atoms with E-state index in [0.29, 0.717) is 0 Å². The highest BCUT2D eigenvalue weighted by Gasteiger charge is 2.15. The summed E-state index contributed by atoms with van der Waals surface area (Å²) >= 11 is 2.94. The topological polar surface area (TPSA) is 26.3 Å². The number of carbonyl (C=O) groups excluding carboxylic acids is 1. The van der Waals surface area contributed by atoms with Gasteiger partial charge in [0, 0.05) is 10.0 Å². The van der Waals surface area contributed by atoms with Gasteiger partial charge in [-0.15, -0.1) is 0 Å². The van der Waals surface area contributed by atoms with Crippen molar-refractivity contribution in [2.45, 2.75) is 13.5 Å². The van der Waals surface area contributed by atoms with Crippen LogP contribution in [0.15, 0.2) is 16.6 Å². The second-order valence-electron chi connectivity index (χ2n) is 2.70. The van der Waals surface area contributed by atoms with E-state index < -0.39 is 18.2 Å². The van der Waals surface area contributed by atoms with Crippen LogP contribution in [0.25, 0.3) is 0 Å². The Hall–Kier alpha value is -1.04. The van der Waals surface area contributed by atoms with E-state index in [0.717, 1.165) is 12.1 Å². The molecule has 0 bridgehead atoms. The molecular weight excluding hydrogens is 277 g/mol. The van der Waals surface area contributed by atoms with E-state index in [2.05, 4.69) is 20.7 Å². The summed E-state index contributed by atoms with van der Waals surface area (Å²) < 4.78 is 40.9. The molecule has 0 radical (unpaired) electrons. The first-order valence-electron chi connectivity index (χ1n) is 3.86. The SMILES string of the molecule is CC(=O)c1cc(OC(F)F)c(F)cc1Br. The number of ketones is 1. The lowest BCUT2D eigenvalue weighted by molar-refractivity contribution is -0.0522. The summed E-state index contributed by atoms with van der Waals surface area (Å²) in [5.41, 5.74) is 0.0899. The Morgan fingerprint density at radius 2 is 2.07 bits per heavy atom. The van der Waals surface area contributed by atoms with Gasteiger partial charge in [-0.25, -0.2) is 4.39 Å². The van der Waals surface area contributed by atoms with Gasteiger partial charge in [0.25, 0.3) is 0 Å². The molecule has 0 heterocycles. The molecule has 0 aliphatic carbocycles. The van der Waals surface area contributed by atoms with Crippen molar-refractivity contribution in [1.82, 2.24) is 0 Å². The van der Waals surface area contributed by atoms with Crippen LogP contribution >= 0.6 is 15.9 Å². The second kappa shape index (κ2) is 4.65. The van der Waals surface area contributed by atoms with Gasteiger partial charge in [-0.05, 0) is 35.0 Å². The summed E-state index contributed by atoms with van der Waals surface area (Å²) in [5, 5.41) is 0. The number of Topliss-reactive ketones (excluding diaryl/α,β-unsaturated/α-hetero) is 1. The van der Waals surface area contributed by atoms with Crippen molar-refractivity contribution < 1.29 is 22.7 Å². The summed E-state index contributed by atoms with van der Waals surface area (Å²) in [6, 6.07) is 1.85. The third-order valence-electron chi connectivity index (χ3n) is 1.62. The Bertz CT molecular complexity index is 393. The minimum absolute atomic E-state index is 0.0899. The third kappa shape index (κ3) is 2.95. The summed E-state index contributed by atoms with van der Waals surface area (Å²) in [7, 11) is 0. The van der Waals surface area contributed by atoms with Gasteiger partial charge in [0.1, 0.15) is 0 Å². The molecule has 0 N–H and O–H groups in total. The fraction of sp³-hybridized carbons (Fsp3) is 0.222. The van der Waals surface area contributed by atoms with Gasteiger partial charge in [-0.3, -0.25) is 4.79 Å². The van der Waals surface area contributed by atoms with Gasteiger partial charge in [-0.1, -0.05) is 0 Å². The average molecular weight is 283 g/mol. The van der Waals surface area contributed by atoms with Crippen LogP contribution in [0.5, 0.6) is 5.75 Å². The highest BCUT2D eigenvalue weighted by atomic mass is 79.9. The first kappa shape index (κ1) is 12.0. The lowest BCUT2D eigenvalue weighted by atomic mass is 10.1. The minimum Gasteiger partial charge on any atom is -0.432 e. The Morgan fingerprint density at radius 1 is 1.47 bits per heavy atom. The van der Waals surface area contributed by atoms with Crippen molar-refractivity contribution >= 4 is 21.7 Å². The number of benzene rings is 1. The predicted octanol–water partition coefficient (Wildman–Crippen LogP) is 3.39. The zero-order valence-electron chi connectivity index (χ0n) is 7.56. The number of alkyl halides is 2. The molecule has 0 aliphatic rings. The summed E-state index contributed by atoms with van der Waals surface area (Å²) in [6.07, 6.45) is 0. The van der Waals surface area contributed by atoms with Gasteiger partial charge < -0.3 is 4.74 Å². The maximum Gasteiger partial charge on any atom is 0.387 e. The Balaban J connectivity index is 3.17. The van der Waals surface area contributed by atoms with Gasteiger partial charge in [0.15, 0.2) is 17.3 Å². The lowest BCUT2D eigenvalue weighted by Gasteiger charge is -2.08. The van der Waals surface area contributed by atoms with Gasteiger partial charge in [0.05, 0.1) is 0 Å². The summed E-state index contributed by atoms with van der Waals surface area (Å²) in [6.45, 7) is -1.88. The van der Waals surface area contributed by atoms with E-state index in [-0.39, 0.29) is 15.8 Å². The molecule has 82 valence electrons. The normalized spacial score (nSPS) is 10.5. The van der Waals surface area contributed by atoms with E-state index in [1.54, 1.807) is 0 Å². The third-order valence-corrected chi connectivity index (χ3v) is 2.27. The molecular formula is C9H6BrF3O2. The maximum absolute atomic E-state index is 13.1.